The molecule has 0 radical (unpaired) electrons. The van der Waals surface area contributed by atoms with Gasteiger partial charge < -0.3 is 10.3 Å². The molecule has 0 bridgehead atoms. The predicted molar refractivity (Wildman–Crippen MR) is 93.4 cm³/mol. The molecule has 0 saturated heterocycles. The molecule has 1 aromatic carbocycles. The van der Waals surface area contributed by atoms with Crippen LogP contribution < -0.4 is 5.32 Å². The van der Waals surface area contributed by atoms with E-state index in [1.807, 2.05) is 0 Å². The number of pyridine rings is 1. The monoisotopic (exact) mass is 368 g/mol. The Morgan fingerprint density at radius 2 is 1.85 bits per heavy atom. The number of nitrogens with one attached hydrogen (secondary N) is 2. The number of halogens is 2. The first kappa shape index (κ1) is 16.2. The third kappa shape index (κ3) is 2.68. The molecule has 0 aliphatic heterocycles. The van der Waals surface area contributed by atoms with Crippen LogP contribution in [-0.4, -0.2) is 26.5 Å². The van der Waals surface area contributed by atoms with Crippen LogP contribution in [0.2, 0.25) is 0 Å². The summed E-state index contributed by atoms with van der Waals surface area (Å²) in [4.78, 5) is 36.3. The maximum atomic E-state index is 13.0. The number of aromatic amines is 1. The lowest BCUT2D eigenvalue weighted by molar-refractivity contribution is 0.0977. The van der Waals surface area contributed by atoms with E-state index in [2.05, 4.69) is 20.3 Å². The Labute approximate surface area is 151 Å². The van der Waals surface area contributed by atoms with Gasteiger partial charge in [0.15, 0.2) is 0 Å². The smallest absolute Gasteiger partial charge is 0.231 e. The third-order valence-electron chi connectivity index (χ3n) is 3.84. The Hall–Kier alpha value is -3.32. The van der Waals surface area contributed by atoms with Gasteiger partial charge >= 0.3 is 0 Å². The molecule has 0 amide bonds. The van der Waals surface area contributed by atoms with E-state index in [9.17, 15) is 14.0 Å². The molecular weight excluding hydrogens is 359 g/mol. The largest absolute Gasteiger partial charge is 0.351 e. The molecular formula is C18H10ClFN4O2. The zero-order valence-corrected chi connectivity index (χ0v) is 13.8. The van der Waals surface area contributed by atoms with Crippen LogP contribution in [0.25, 0.3) is 11.4 Å². The van der Waals surface area contributed by atoms with Crippen LogP contribution in [-0.2, 0) is 0 Å². The van der Waals surface area contributed by atoms with Gasteiger partial charge in [0.2, 0.25) is 11.6 Å². The van der Waals surface area contributed by atoms with Crippen LogP contribution in [0, 0.1) is 5.82 Å². The fraction of sp³-hybridized carbons (Fsp3) is 0. The van der Waals surface area contributed by atoms with Gasteiger partial charge in [0.05, 0.1) is 0 Å². The number of Topliss-reactive ketones (excluding diaryl/α,β-unsaturated/α-hetero) is 2. The summed E-state index contributed by atoms with van der Waals surface area (Å²) in [6.07, 6.45) is 3.16. The van der Waals surface area contributed by atoms with Crippen molar-refractivity contribution >= 4 is 28.9 Å². The van der Waals surface area contributed by atoms with E-state index in [0.29, 0.717) is 17.1 Å². The molecule has 1 aliphatic rings. The Morgan fingerprint density at radius 1 is 1.08 bits per heavy atom. The van der Waals surface area contributed by atoms with E-state index in [1.165, 1.54) is 24.3 Å². The second-order valence-electron chi connectivity index (χ2n) is 5.53. The molecule has 1 aliphatic carbocycles. The molecule has 2 aromatic heterocycles. The van der Waals surface area contributed by atoms with E-state index in [0.717, 1.165) is 0 Å². The van der Waals surface area contributed by atoms with Gasteiger partial charge in [-0.1, -0.05) is 11.6 Å². The summed E-state index contributed by atoms with van der Waals surface area (Å²) in [5, 5.41) is 2.52. The number of carbonyl (C=O) groups is 2. The van der Waals surface area contributed by atoms with E-state index in [1.54, 1.807) is 24.5 Å². The number of hydrogen-bond acceptors (Lipinski definition) is 5. The summed E-state index contributed by atoms with van der Waals surface area (Å²) in [5.74, 6) is -1.15. The second-order valence-corrected chi connectivity index (χ2v) is 5.91. The number of rotatable bonds is 3. The highest BCUT2D eigenvalue weighted by Gasteiger charge is 2.35. The van der Waals surface area contributed by atoms with Gasteiger partial charge in [-0.2, -0.15) is 0 Å². The van der Waals surface area contributed by atoms with Gasteiger partial charge in [-0.3, -0.25) is 14.6 Å². The summed E-state index contributed by atoms with van der Waals surface area (Å²) in [5.41, 5.74) is 0.963. The number of nitrogens with zero attached hydrogens (tertiary/aromatic N) is 2. The van der Waals surface area contributed by atoms with Gasteiger partial charge in [0, 0.05) is 23.6 Å². The zero-order valence-electron chi connectivity index (χ0n) is 13.1. The van der Waals surface area contributed by atoms with Crippen molar-refractivity contribution in [1.82, 2.24) is 15.0 Å². The van der Waals surface area contributed by atoms with Crippen molar-refractivity contribution in [3.05, 3.63) is 76.7 Å². The molecule has 0 atom stereocenters. The summed E-state index contributed by atoms with van der Waals surface area (Å²) in [7, 11) is 0. The highest BCUT2D eigenvalue weighted by molar-refractivity contribution is 6.50. The molecule has 6 nitrogen and oxygen atoms in total. The Morgan fingerprint density at radius 3 is 2.54 bits per heavy atom. The number of imidazole rings is 1. The number of ketones is 2. The van der Waals surface area contributed by atoms with Crippen molar-refractivity contribution in [2.24, 2.45) is 0 Å². The minimum absolute atomic E-state index is 0.0251. The van der Waals surface area contributed by atoms with Crippen molar-refractivity contribution in [3.8, 4) is 11.4 Å². The molecule has 0 saturated carbocycles. The first-order valence-electron chi connectivity index (χ1n) is 7.57. The molecule has 0 fully saturated rings. The average Bonchev–Trinajstić information content (AvgIpc) is 3.11. The highest BCUT2D eigenvalue weighted by Crippen LogP contribution is 2.30. The van der Waals surface area contributed by atoms with Crippen LogP contribution in [0.1, 0.15) is 21.0 Å². The van der Waals surface area contributed by atoms with E-state index in [4.69, 9.17) is 11.6 Å². The zero-order chi connectivity index (χ0) is 18.3. The van der Waals surface area contributed by atoms with Crippen LogP contribution in [0.5, 0.6) is 0 Å². The minimum atomic E-state index is -0.548. The number of allylic oxidation sites excluding steroid dienone is 2. The fourth-order valence-corrected chi connectivity index (χ4v) is 2.80. The average molecular weight is 369 g/mol. The van der Waals surface area contributed by atoms with Crippen LogP contribution in [0.4, 0.5) is 10.1 Å². The SMILES string of the molecule is O=C1C(Nc2ccc(F)cc2)=C(Cl)C(=O)c2[nH]c(-c3cccnc3)nc21. The van der Waals surface area contributed by atoms with Crippen molar-refractivity contribution in [3.63, 3.8) is 0 Å². The Balaban J connectivity index is 1.73. The number of anilines is 1. The van der Waals surface area contributed by atoms with Crippen LogP contribution in [0.15, 0.2) is 59.5 Å². The standard InChI is InChI=1S/C18H10ClFN4O2/c19-12-13(22-11-5-3-10(20)4-6-11)17(26)15-14(16(12)25)23-18(24-15)9-2-1-7-21-8-9/h1-8,22H,(H,23,24). The van der Waals surface area contributed by atoms with Gasteiger partial charge in [0.1, 0.15) is 33.8 Å². The Kier molecular flexibility index (Phi) is 3.85. The molecule has 4 rings (SSSR count). The summed E-state index contributed by atoms with van der Waals surface area (Å²) in [6.45, 7) is 0. The molecule has 3 aromatic rings. The predicted octanol–water partition coefficient (Wildman–Crippen LogP) is 3.55. The summed E-state index contributed by atoms with van der Waals surface area (Å²) in [6, 6.07) is 8.79. The third-order valence-corrected chi connectivity index (χ3v) is 4.20. The lowest BCUT2D eigenvalue weighted by Crippen LogP contribution is -2.24. The first-order chi connectivity index (χ1) is 12.5. The molecule has 26 heavy (non-hydrogen) atoms. The minimum Gasteiger partial charge on any atom is -0.351 e. The number of hydrogen-bond donors (Lipinski definition) is 2. The topological polar surface area (TPSA) is 87.7 Å². The number of H-pyrrole nitrogens is 1. The fourth-order valence-electron chi connectivity index (χ4n) is 2.57. The van der Waals surface area contributed by atoms with Crippen LogP contribution >= 0.6 is 11.6 Å². The lowest BCUT2D eigenvalue weighted by Gasteiger charge is -2.15. The van der Waals surface area contributed by atoms with Gasteiger partial charge in [0.25, 0.3) is 0 Å². The van der Waals surface area contributed by atoms with Gasteiger partial charge in [-0.15, -0.1) is 0 Å². The maximum absolute atomic E-state index is 13.0. The van der Waals surface area contributed by atoms with Gasteiger partial charge in [-0.05, 0) is 36.4 Å². The number of fused-ring (bicyclic) bond motifs is 1. The maximum Gasteiger partial charge on any atom is 0.231 e. The summed E-state index contributed by atoms with van der Waals surface area (Å²) < 4.78 is 13.0. The van der Waals surface area contributed by atoms with Crippen LogP contribution in [0.3, 0.4) is 0 Å². The molecule has 2 heterocycles. The summed E-state index contributed by atoms with van der Waals surface area (Å²) >= 11 is 6.10. The first-order valence-corrected chi connectivity index (χ1v) is 7.94. The highest BCUT2D eigenvalue weighted by atomic mass is 35.5. The molecule has 8 heteroatoms. The molecule has 2 N–H and O–H groups in total. The molecule has 0 unspecified atom stereocenters. The number of carbonyl (C=O) groups excluding carboxylic acids is 2. The molecule has 128 valence electrons. The quantitative estimate of drug-likeness (QED) is 0.738. The lowest BCUT2D eigenvalue weighted by atomic mass is 10.0. The van der Waals surface area contributed by atoms with E-state index in [-0.39, 0.29) is 22.1 Å². The molecule has 0 spiro atoms. The second kappa shape index (κ2) is 6.20. The van der Waals surface area contributed by atoms with Crippen molar-refractivity contribution in [1.29, 1.82) is 0 Å². The van der Waals surface area contributed by atoms with Gasteiger partial charge in [-0.25, -0.2) is 9.37 Å². The van der Waals surface area contributed by atoms with Crippen molar-refractivity contribution in [2.75, 3.05) is 5.32 Å². The van der Waals surface area contributed by atoms with E-state index >= 15 is 0 Å². The van der Waals surface area contributed by atoms with Crippen molar-refractivity contribution in [2.45, 2.75) is 0 Å². The number of benzene rings is 1. The van der Waals surface area contributed by atoms with E-state index < -0.39 is 17.4 Å². The van der Waals surface area contributed by atoms with Crippen molar-refractivity contribution < 1.29 is 14.0 Å². The number of aromatic nitrogens is 3. The Bertz CT molecular complexity index is 1060. The normalized spacial score (nSPS) is 13.8.